The Morgan fingerprint density at radius 3 is 2.95 bits per heavy atom. The number of carbonyl (C=O) groups is 1. The minimum atomic E-state index is -0.149. The van der Waals surface area contributed by atoms with Gasteiger partial charge in [0.15, 0.2) is 5.82 Å². The third kappa shape index (κ3) is 2.70. The lowest BCUT2D eigenvalue weighted by molar-refractivity contribution is -0.116. The van der Waals surface area contributed by atoms with Crippen LogP contribution in [0.1, 0.15) is 30.5 Å². The first-order valence-electron chi connectivity index (χ1n) is 6.45. The summed E-state index contributed by atoms with van der Waals surface area (Å²) in [5.41, 5.74) is 3.18. The molecule has 0 radical (unpaired) electrons. The molecule has 5 heteroatoms. The molecule has 1 aliphatic heterocycles. The molecule has 2 rings (SSSR count). The molecule has 20 heavy (non-hydrogen) atoms. The lowest BCUT2D eigenvalue weighted by Gasteiger charge is -2.25. The van der Waals surface area contributed by atoms with Crippen molar-refractivity contribution in [3.05, 3.63) is 35.0 Å². The summed E-state index contributed by atoms with van der Waals surface area (Å²) in [5, 5.41) is 9.45. The van der Waals surface area contributed by atoms with Crippen LogP contribution in [0.4, 0.5) is 5.82 Å². The van der Waals surface area contributed by atoms with Crippen molar-refractivity contribution in [3.8, 4) is 6.07 Å². The largest absolute Gasteiger partial charge is 0.376 e. The normalized spacial score (nSPS) is 13.2. The number of rotatable bonds is 3. The molecule has 104 valence electrons. The molecule has 0 saturated heterocycles. The standard InChI is InChI=1S/C15H17N3O2/c1-10(2)8-18(11(3)19)15-14(6-16)13-4-5-20-9-12(13)7-17-15/h7H,1,4-5,8-9H2,2-3H3. The monoisotopic (exact) mass is 271 g/mol. The molecule has 0 unspecified atom stereocenters. The predicted octanol–water partition coefficient (Wildman–Crippen LogP) is 1.95. The van der Waals surface area contributed by atoms with Crippen LogP contribution in [-0.4, -0.2) is 24.0 Å². The van der Waals surface area contributed by atoms with Crippen LogP contribution >= 0.6 is 0 Å². The first kappa shape index (κ1) is 14.2. The second-order valence-corrected chi connectivity index (χ2v) is 4.94. The van der Waals surface area contributed by atoms with Gasteiger partial charge in [-0.3, -0.25) is 9.69 Å². The molecule has 5 nitrogen and oxygen atoms in total. The van der Waals surface area contributed by atoms with Crippen LogP contribution in [0, 0.1) is 11.3 Å². The lowest BCUT2D eigenvalue weighted by atomic mass is 9.99. The van der Waals surface area contributed by atoms with Gasteiger partial charge in [-0.05, 0) is 18.9 Å². The number of anilines is 1. The van der Waals surface area contributed by atoms with E-state index in [4.69, 9.17) is 4.74 Å². The van der Waals surface area contributed by atoms with Gasteiger partial charge in [-0.15, -0.1) is 0 Å². The summed E-state index contributed by atoms with van der Waals surface area (Å²) in [6.45, 7) is 8.56. The molecule has 0 fully saturated rings. The fourth-order valence-electron chi connectivity index (χ4n) is 2.27. The first-order chi connectivity index (χ1) is 9.54. The van der Waals surface area contributed by atoms with Crippen molar-refractivity contribution in [2.24, 2.45) is 0 Å². The molecule has 1 amide bonds. The van der Waals surface area contributed by atoms with Gasteiger partial charge in [0, 0.05) is 25.2 Å². The van der Waals surface area contributed by atoms with Gasteiger partial charge in [0.25, 0.3) is 0 Å². The number of nitrogens with zero attached hydrogens (tertiary/aromatic N) is 3. The fourth-order valence-corrected chi connectivity index (χ4v) is 2.27. The van der Waals surface area contributed by atoms with Crippen molar-refractivity contribution in [3.63, 3.8) is 0 Å². The van der Waals surface area contributed by atoms with Crippen molar-refractivity contribution in [2.45, 2.75) is 26.9 Å². The van der Waals surface area contributed by atoms with Gasteiger partial charge in [-0.25, -0.2) is 4.98 Å². The lowest BCUT2D eigenvalue weighted by Crippen LogP contribution is -2.32. The van der Waals surface area contributed by atoms with E-state index in [0.717, 1.165) is 16.7 Å². The molecular formula is C15H17N3O2. The molecule has 0 aliphatic carbocycles. The minimum absolute atomic E-state index is 0.149. The Morgan fingerprint density at radius 1 is 1.60 bits per heavy atom. The average molecular weight is 271 g/mol. The Hall–Kier alpha value is -2.19. The number of amides is 1. The number of pyridine rings is 1. The first-order valence-corrected chi connectivity index (χ1v) is 6.45. The highest BCUT2D eigenvalue weighted by Crippen LogP contribution is 2.27. The summed E-state index contributed by atoms with van der Waals surface area (Å²) in [6.07, 6.45) is 2.37. The third-order valence-corrected chi connectivity index (χ3v) is 3.19. The summed E-state index contributed by atoms with van der Waals surface area (Å²) in [5.74, 6) is 0.271. The highest BCUT2D eigenvalue weighted by atomic mass is 16.5. The van der Waals surface area contributed by atoms with Crippen LogP contribution in [0.5, 0.6) is 0 Å². The Bertz CT molecular complexity index is 602. The summed E-state index contributed by atoms with van der Waals surface area (Å²) in [6, 6.07) is 2.19. The zero-order chi connectivity index (χ0) is 14.7. The molecule has 0 atom stereocenters. The molecule has 2 heterocycles. The van der Waals surface area contributed by atoms with E-state index in [-0.39, 0.29) is 5.91 Å². The maximum absolute atomic E-state index is 11.8. The Morgan fingerprint density at radius 2 is 2.35 bits per heavy atom. The van der Waals surface area contributed by atoms with Crippen LogP contribution in [0.2, 0.25) is 0 Å². The number of ether oxygens (including phenoxy) is 1. The minimum Gasteiger partial charge on any atom is -0.376 e. The Kier molecular flexibility index (Phi) is 4.16. The molecular weight excluding hydrogens is 254 g/mol. The maximum Gasteiger partial charge on any atom is 0.225 e. The Labute approximate surface area is 118 Å². The quantitative estimate of drug-likeness (QED) is 0.788. The molecule has 0 saturated carbocycles. The summed E-state index contributed by atoms with van der Waals surface area (Å²) >= 11 is 0. The summed E-state index contributed by atoms with van der Waals surface area (Å²) in [4.78, 5) is 17.6. The van der Waals surface area contributed by atoms with E-state index >= 15 is 0 Å². The van der Waals surface area contributed by atoms with E-state index < -0.39 is 0 Å². The van der Waals surface area contributed by atoms with Gasteiger partial charge in [0.2, 0.25) is 5.91 Å². The maximum atomic E-state index is 11.8. The topological polar surface area (TPSA) is 66.2 Å². The number of carbonyl (C=O) groups excluding carboxylic acids is 1. The van der Waals surface area contributed by atoms with Gasteiger partial charge in [-0.2, -0.15) is 5.26 Å². The molecule has 0 spiro atoms. The van der Waals surface area contributed by atoms with E-state index in [1.54, 1.807) is 6.20 Å². The predicted molar refractivity (Wildman–Crippen MR) is 75.2 cm³/mol. The summed E-state index contributed by atoms with van der Waals surface area (Å²) < 4.78 is 5.36. The number of fused-ring (bicyclic) bond motifs is 1. The second-order valence-electron chi connectivity index (χ2n) is 4.94. The SMILES string of the molecule is C=C(C)CN(C(C)=O)c1ncc2c(c1C#N)CCOC2. The zero-order valence-electron chi connectivity index (χ0n) is 11.8. The van der Waals surface area contributed by atoms with Crippen molar-refractivity contribution in [2.75, 3.05) is 18.1 Å². The smallest absolute Gasteiger partial charge is 0.225 e. The van der Waals surface area contributed by atoms with Crippen LogP contribution in [0.15, 0.2) is 18.3 Å². The van der Waals surface area contributed by atoms with Gasteiger partial charge in [0.1, 0.15) is 6.07 Å². The second kappa shape index (κ2) is 5.85. The van der Waals surface area contributed by atoms with Crippen molar-refractivity contribution < 1.29 is 9.53 Å². The molecule has 0 bridgehead atoms. The van der Waals surface area contributed by atoms with E-state index in [9.17, 15) is 10.1 Å². The highest BCUT2D eigenvalue weighted by molar-refractivity contribution is 5.92. The average Bonchev–Trinajstić information content (AvgIpc) is 2.43. The number of hydrogen-bond acceptors (Lipinski definition) is 4. The van der Waals surface area contributed by atoms with E-state index in [1.807, 2.05) is 6.92 Å². The number of hydrogen-bond donors (Lipinski definition) is 0. The van der Waals surface area contributed by atoms with Gasteiger partial charge < -0.3 is 4.74 Å². The van der Waals surface area contributed by atoms with Crippen molar-refractivity contribution in [1.29, 1.82) is 5.26 Å². The van der Waals surface area contributed by atoms with E-state index in [0.29, 0.717) is 37.6 Å². The van der Waals surface area contributed by atoms with Gasteiger partial charge in [0.05, 0.1) is 18.8 Å². The van der Waals surface area contributed by atoms with Crippen molar-refractivity contribution in [1.82, 2.24) is 4.98 Å². The molecule has 1 aliphatic rings. The molecule has 0 N–H and O–H groups in total. The number of nitriles is 1. The van der Waals surface area contributed by atoms with Gasteiger partial charge in [-0.1, -0.05) is 12.2 Å². The van der Waals surface area contributed by atoms with E-state index in [2.05, 4.69) is 17.6 Å². The molecule has 0 aromatic carbocycles. The van der Waals surface area contributed by atoms with Crippen LogP contribution < -0.4 is 4.90 Å². The summed E-state index contributed by atoms with van der Waals surface area (Å²) in [7, 11) is 0. The van der Waals surface area contributed by atoms with Crippen LogP contribution in [0.25, 0.3) is 0 Å². The fraction of sp³-hybridized carbons (Fsp3) is 0.400. The van der Waals surface area contributed by atoms with Crippen LogP contribution in [-0.2, 0) is 22.6 Å². The van der Waals surface area contributed by atoms with Crippen LogP contribution in [0.3, 0.4) is 0 Å². The molecule has 1 aromatic heterocycles. The highest BCUT2D eigenvalue weighted by Gasteiger charge is 2.23. The zero-order valence-corrected chi connectivity index (χ0v) is 11.8. The third-order valence-electron chi connectivity index (χ3n) is 3.19. The van der Waals surface area contributed by atoms with E-state index in [1.165, 1.54) is 11.8 Å². The molecule has 1 aromatic rings. The van der Waals surface area contributed by atoms with Crippen molar-refractivity contribution >= 4 is 11.7 Å². The number of aromatic nitrogens is 1. The Balaban J connectivity index is 2.52. The van der Waals surface area contributed by atoms with Gasteiger partial charge >= 0.3 is 0 Å².